The molecule has 0 bridgehead atoms. The molecule has 1 saturated carbocycles. The summed E-state index contributed by atoms with van der Waals surface area (Å²) >= 11 is 2.06. The van der Waals surface area contributed by atoms with E-state index in [4.69, 9.17) is 0 Å². The van der Waals surface area contributed by atoms with Gasteiger partial charge in [0.2, 0.25) is 0 Å². The molecule has 2 aliphatic rings. The molecule has 3 atom stereocenters. The molecule has 1 aliphatic heterocycles. The van der Waals surface area contributed by atoms with Crippen molar-refractivity contribution in [3.8, 4) is 0 Å². The summed E-state index contributed by atoms with van der Waals surface area (Å²) in [5.74, 6) is 0.989. The lowest BCUT2D eigenvalue weighted by Gasteiger charge is -2.26. The van der Waals surface area contributed by atoms with Gasteiger partial charge in [0.05, 0.1) is 0 Å². The van der Waals surface area contributed by atoms with Crippen LogP contribution in [0.25, 0.3) is 0 Å². The molecule has 1 saturated heterocycles. The van der Waals surface area contributed by atoms with Crippen molar-refractivity contribution in [1.29, 1.82) is 0 Å². The summed E-state index contributed by atoms with van der Waals surface area (Å²) in [7, 11) is 0. The standard InChI is InChI=1S/C14H27NS/c1-12(16-2)13-6-5-7-14(9-8-13)15-10-3-4-11-15/h12-14H,3-11H2,1-2H3. The number of thioether (sulfide) groups is 1. The van der Waals surface area contributed by atoms with Gasteiger partial charge in [0.25, 0.3) is 0 Å². The Balaban J connectivity index is 1.82. The summed E-state index contributed by atoms with van der Waals surface area (Å²) in [5.41, 5.74) is 0. The van der Waals surface area contributed by atoms with Gasteiger partial charge in [-0.2, -0.15) is 11.8 Å². The van der Waals surface area contributed by atoms with Crippen LogP contribution in [-0.4, -0.2) is 35.5 Å². The fourth-order valence-electron chi connectivity index (χ4n) is 3.44. The zero-order chi connectivity index (χ0) is 11.4. The van der Waals surface area contributed by atoms with Crippen LogP contribution in [0.4, 0.5) is 0 Å². The lowest BCUT2D eigenvalue weighted by atomic mass is 9.97. The van der Waals surface area contributed by atoms with E-state index < -0.39 is 0 Å². The van der Waals surface area contributed by atoms with Gasteiger partial charge < -0.3 is 4.90 Å². The van der Waals surface area contributed by atoms with Crippen molar-refractivity contribution in [1.82, 2.24) is 4.90 Å². The number of hydrogen-bond donors (Lipinski definition) is 0. The first-order chi connectivity index (χ1) is 7.81. The van der Waals surface area contributed by atoms with E-state index in [0.29, 0.717) is 0 Å². The summed E-state index contributed by atoms with van der Waals surface area (Å²) in [6.45, 7) is 5.19. The summed E-state index contributed by atoms with van der Waals surface area (Å²) < 4.78 is 0. The van der Waals surface area contributed by atoms with Crippen LogP contribution >= 0.6 is 11.8 Å². The highest BCUT2D eigenvalue weighted by molar-refractivity contribution is 7.99. The fraction of sp³-hybridized carbons (Fsp3) is 1.00. The predicted octanol–water partition coefficient (Wildman–Crippen LogP) is 3.78. The topological polar surface area (TPSA) is 3.24 Å². The molecule has 0 aromatic rings. The van der Waals surface area contributed by atoms with Gasteiger partial charge >= 0.3 is 0 Å². The first-order valence-corrected chi connectivity index (χ1v) is 8.37. The highest BCUT2D eigenvalue weighted by Crippen LogP contribution is 2.33. The molecule has 0 aromatic carbocycles. The van der Waals surface area contributed by atoms with Crippen LogP contribution in [0, 0.1) is 5.92 Å². The van der Waals surface area contributed by atoms with Crippen LogP contribution in [-0.2, 0) is 0 Å². The lowest BCUT2D eigenvalue weighted by molar-refractivity contribution is 0.219. The van der Waals surface area contributed by atoms with Gasteiger partial charge in [-0.15, -0.1) is 0 Å². The predicted molar refractivity (Wildman–Crippen MR) is 74.1 cm³/mol. The minimum absolute atomic E-state index is 0.873. The Labute approximate surface area is 105 Å². The lowest BCUT2D eigenvalue weighted by Crippen LogP contribution is -2.32. The van der Waals surface area contributed by atoms with E-state index in [0.717, 1.165) is 17.2 Å². The third kappa shape index (κ3) is 3.16. The molecule has 1 aliphatic carbocycles. The molecule has 0 spiro atoms. The second kappa shape index (κ2) is 6.30. The average molecular weight is 241 g/mol. The summed E-state index contributed by atoms with van der Waals surface area (Å²) in [6.07, 6.45) is 12.5. The van der Waals surface area contributed by atoms with Crippen LogP contribution in [0.1, 0.15) is 51.9 Å². The molecule has 0 aromatic heterocycles. The molecule has 3 unspecified atom stereocenters. The van der Waals surface area contributed by atoms with Gasteiger partial charge in [0.15, 0.2) is 0 Å². The molecule has 0 radical (unpaired) electrons. The van der Waals surface area contributed by atoms with Crippen molar-refractivity contribution in [3.63, 3.8) is 0 Å². The summed E-state index contributed by atoms with van der Waals surface area (Å²) in [6, 6.07) is 0.932. The first kappa shape index (κ1) is 12.8. The SMILES string of the molecule is CSC(C)C1CCCC(N2CCCC2)CC1. The maximum Gasteiger partial charge on any atom is 0.00953 e. The van der Waals surface area contributed by atoms with Gasteiger partial charge in [0.1, 0.15) is 0 Å². The van der Waals surface area contributed by atoms with Crippen LogP contribution in [0.2, 0.25) is 0 Å². The van der Waals surface area contributed by atoms with E-state index in [2.05, 4.69) is 29.8 Å². The quantitative estimate of drug-likeness (QED) is 0.692. The zero-order valence-electron chi connectivity index (χ0n) is 11.0. The second-order valence-electron chi connectivity index (χ2n) is 5.61. The van der Waals surface area contributed by atoms with Crippen molar-refractivity contribution < 1.29 is 0 Å². The maximum atomic E-state index is 2.77. The van der Waals surface area contributed by atoms with E-state index in [1.165, 1.54) is 58.0 Å². The molecule has 0 amide bonds. The van der Waals surface area contributed by atoms with E-state index in [1.54, 1.807) is 0 Å². The Morgan fingerprint density at radius 3 is 2.44 bits per heavy atom. The van der Waals surface area contributed by atoms with Crippen LogP contribution in [0.5, 0.6) is 0 Å². The van der Waals surface area contributed by atoms with Crippen molar-refractivity contribution in [2.45, 2.75) is 63.2 Å². The Morgan fingerprint density at radius 2 is 1.75 bits per heavy atom. The average Bonchev–Trinajstić information content (AvgIpc) is 2.73. The minimum atomic E-state index is 0.873. The highest BCUT2D eigenvalue weighted by atomic mass is 32.2. The largest absolute Gasteiger partial charge is 0.300 e. The van der Waals surface area contributed by atoms with Gasteiger partial charge in [-0.3, -0.25) is 0 Å². The van der Waals surface area contributed by atoms with Crippen LogP contribution in [0.15, 0.2) is 0 Å². The fourth-order valence-corrected chi connectivity index (χ4v) is 4.10. The molecule has 2 fully saturated rings. The third-order valence-corrected chi connectivity index (χ3v) is 5.80. The molecular weight excluding hydrogens is 214 g/mol. The first-order valence-electron chi connectivity index (χ1n) is 7.08. The minimum Gasteiger partial charge on any atom is -0.300 e. The molecule has 16 heavy (non-hydrogen) atoms. The summed E-state index contributed by atoms with van der Waals surface area (Å²) in [4.78, 5) is 2.77. The maximum absolute atomic E-state index is 2.77. The van der Waals surface area contributed by atoms with Crippen LogP contribution in [0.3, 0.4) is 0 Å². The van der Waals surface area contributed by atoms with Crippen molar-refractivity contribution >= 4 is 11.8 Å². The molecule has 1 nitrogen and oxygen atoms in total. The molecule has 2 heteroatoms. The van der Waals surface area contributed by atoms with Crippen LogP contribution < -0.4 is 0 Å². The van der Waals surface area contributed by atoms with E-state index in [9.17, 15) is 0 Å². The Bertz CT molecular complexity index is 201. The second-order valence-corrected chi connectivity index (χ2v) is 6.82. The number of likely N-dealkylation sites (tertiary alicyclic amines) is 1. The number of nitrogens with zero attached hydrogens (tertiary/aromatic N) is 1. The molecular formula is C14H27NS. The summed E-state index contributed by atoms with van der Waals surface area (Å²) in [5, 5.41) is 0.873. The van der Waals surface area contributed by atoms with E-state index in [1.807, 2.05) is 0 Å². The molecule has 1 heterocycles. The zero-order valence-corrected chi connectivity index (χ0v) is 11.8. The molecule has 2 rings (SSSR count). The van der Waals surface area contributed by atoms with Crippen molar-refractivity contribution in [3.05, 3.63) is 0 Å². The number of hydrogen-bond acceptors (Lipinski definition) is 2. The van der Waals surface area contributed by atoms with E-state index >= 15 is 0 Å². The van der Waals surface area contributed by atoms with Crippen molar-refractivity contribution in [2.75, 3.05) is 19.3 Å². The smallest absolute Gasteiger partial charge is 0.00953 e. The Morgan fingerprint density at radius 1 is 1.00 bits per heavy atom. The Kier molecular flexibility index (Phi) is 5.02. The van der Waals surface area contributed by atoms with Gasteiger partial charge in [0, 0.05) is 11.3 Å². The van der Waals surface area contributed by atoms with E-state index in [-0.39, 0.29) is 0 Å². The Hall–Kier alpha value is 0.310. The third-order valence-electron chi connectivity index (χ3n) is 4.68. The van der Waals surface area contributed by atoms with Gasteiger partial charge in [-0.05, 0) is 63.8 Å². The highest BCUT2D eigenvalue weighted by Gasteiger charge is 2.27. The normalized spacial score (nSPS) is 34.9. The monoisotopic (exact) mass is 241 g/mol. The molecule has 0 N–H and O–H groups in total. The van der Waals surface area contributed by atoms with Crippen molar-refractivity contribution in [2.24, 2.45) is 5.92 Å². The van der Waals surface area contributed by atoms with Gasteiger partial charge in [-0.25, -0.2) is 0 Å². The molecule has 94 valence electrons. The van der Waals surface area contributed by atoms with Gasteiger partial charge in [-0.1, -0.05) is 13.3 Å². The number of rotatable bonds is 3.